The molecule has 8 nitrogen and oxygen atoms in total. The Bertz CT molecular complexity index is 1290. The van der Waals surface area contributed by atoms with E-state index in [2.05, 4.69) is 15.1 Å². The number of hydrogen-bond donors (Lipinski definition) is 1. The summed E-state index contributed by atoms with van der Waals surface area (Å²) in [5, 5.41) is 4.17. The van der Waals surface area contributed by atoms with Crippen LogP contribution in [0.1, 0.15) is 5.56 Å². The number of rotatable bonds is 3. The lowest BCUT2D eigenvalue weighted by molar-refractivity contribution is 0.602. The first-order chi connectivity index (χ1) is 12.8. The van der Waals surface area contributed by atoms with Crippen molar-refractivity contribution >= 4 is 21.3 Å². The van der Waals surface area contributed by atoms with Crippen LogP contribution < -0.4 is 5.73 Å². The summed E-state index contributed by atoms with van der Waals surface area (Å²) < 4.78 is 27.5. The second-order valence-electron chi connectivity index (χ2n) is 6.44. The van der Waals surface area contributed by atoms with Gasteiger partial charge in [-0.2, -0.15) is 5.10 Å². The Hall–Kier alpha value is -3.20. The maximum Gasteiger partial charge on any atom is 0.180 e. The monoisotopic (exact) mass is 382 g/mol. The molecule has 0 saturated heterocycles. The van der Waals surface area contributed by atoms with Gasteiger partial charge in [-0.3, -0.25) is 9.08 Å². The molecule has 27 heavy (non-hydrogen) atoms. The van der Waals surface area contributed by atoms with Crippen LogP contribution in [0.3, 0.4) is 0 Å². The van der Waals surface area contributed by atoms with Crippen molar-refractivity contribution in [3.8, 4) is 22.6 Å². The molecule has 9 heteroatoms. The van der Waals surface area contributed by atoms with Crippen molar-refractivity contribution in [2.75, 3.05) is 12.0 Å². The summed E-state index contributed by atoms with van der Waals surface area (Å²) in [6.45, 7) is 1.92. The van der Waals surface area contributed by atoms with Gasteiger partial charge in [-0.15, -0.1) is 0 Å². The normalized spacial score (nSPS) is 12.0. The molecule has 0 aliphatic heterocycles. The van der Waals surface area contributed by atoms with E-state index in [0.29, 0.717) is 11.3 Å². The fourth-order valence-electron chi connectivity index (χ4n) is 3.07. The van der Waals surface area contributed by atoms with Crippen LogP contribution in [0.25, 0.3) is 28.3 Å². The molecule has 2 N–H and O–H groups in total. The molecule has 138 valence electrons. The van der Waals surface area contributed by atoms with Crippen LogP contribution in [0.15, 0.2) is 47.8 Å². The van der Waals surface area contributed by atoms with Gasteiger partial charge >= 0.3 is 0 Å². The van der Waals surface area contributed by atoms with Gasteiger partial charge in [0.2, 0.25) is 0 Å². The quantitative estimate of drug-likeness (QED) is 0.581. The van der Waals surface area contributed by atoms with Crippen LogP contribution in [-0.2, 0) is 16.9 Å². The maximum absolute atomic E-state index is 12.0. The Morgan fingerprint density at radius 3 is 2.59 bits per heavy atom. The third kappa shape index (κ3) is 2.85. The standard InChI is InChI=1S/C18H18N6O2S/c1-11-4-5-12(27(3,25)26)8-13(11)16-9-20-18-17(19)22-14(10-24(16)18)15-6-7-21-23(15)2/h4-10H,1-3H3,(H2,19,22). The van der Waals surface area contributed by atoms with Gasteiger partial charge < -0.3 is 5.73 Å². The molecule has 0 spiro atoms. The number of aryl methyl sites for hydroxylation is 2. The zero-order chi connectivity index (χ0) is 19.3. The summed E-state index contributed by atoms with van der Waals surface area (Å²) in [4.78, 5) is 9.06. The highest BCUT2D eigenvalue weighted by molar-refractivity contribution is 7.90. The maximum atomic E-state index is 12.0. The molecule has 0 atom stereocenters. The minimum Gasteiger partial charge on any atom is -0.381 e. The van der Waals surface area contributed by atoms with Crippen molar-refractivity contribution in [1.82, 2.24) is 24.1 Å². The summed E-state index contributed by atoms with van der Waals surface area (Å²) in [7, 11) is -1.50. The molecular formula is C18H18N6O2S. The fraction of sp³-hybridized carbons (Fsp3) is 0.167. The number of nitrogens with zero attached hydrogens (tertiary/aromatic N) is 5. The van der Waals surface area contributed by atoms with Gasteiger partial charge in [0, 0.05) is 31.3 Å². The second kappa shape index (κ2) is 5.92. The summed E-state index contributed by atoms with van der Waals surface area (Å²) in [6.07, 6.45) is 6.39. The van der Waals surface area contributed by atoms with E-state index < -0.39 is 9.84 Å². The fourth-order valence-corrected chi connectivity index (χ4v) is 3.71. The minimum absolute atomic E-state index is 0.256. The third-order valence-corrected chi connectivity index (χ3v) is 5.62. The molecule has 3 heterocycles. The predicted octanol–water partition coefficient (Wildman–Crippen LogP) is 2.09. The summed E-state index contributed by atoms with van der Waals surface area (Å²) in [6, 6.07) is 6.90. The zero-order valence-electron chi connectivity index (χ0n) is 15.1. The van der Waals surface area contributed by atoms with Crippen molar-refractivity contribution in [2.45, 2.75) is 11.8 Å². The lowest BCUT2D eigenvalue weighted by atomic mass is 10.1. The third-order valence-electron chi connectivity index (χ3n) is 4.51. The van der Waals surface area contributed by atoms with E-state index >= 15 is 0 Å². The number of fused-ring (bicyclic) bond motifs is 1. The number of benzene rings is 1. The highest BCUT2D eigenvalue weighted by Gasteiger charge is 2.17. The number of nitrogens with two attached hydrogens (primary N) is 1. The van der Waals surface area contributed by atoms with Crippen LogP contribution >= 0.6 is 0 Å². The Labute approximate surface area is 156 Å². The molecule has 0 fully saturated rings. The van der Waals surface area contributed by atoms with Crippen LogP contribution in [0.4, 0.5) is 5.82 Å². The van der Waals surface area contributed by atoms with Gasteiger partial charge in [-0.1, -0.05) is 6.07 Å². The molecule has 4 aromatic rings. The summed E-state index contributed by atoms with van der Waals surface area (Å²) in [5.74, 6) is 0.289. The first-order valence-electron chi connectivity index (χ1n) is 8.19. The molecule has 4 rings (SSSR count). The van der Waals surface area contributed by atoms with Gasteiger partial charge in [0.1, 0.15) is 5.69 Å². The molecule has 0 saturated carbocycles. The number of imidazole rings is 1. The average Bonchev–Trinajstić information content (AvgIpc) is 3.20. The molecule has 3 aromatic heterocycles. The smallest absolute Gasteiger partial charge is 0.180 e. The van der Waals surface area contributed by atoms with Crippen LogP contribution in [0, 0.1) is 6.92 Å². The SMILES string of the molecule is Cc1ccc(S(C)(=O)=O)cc1-c1cnc2c(N)nc(-c3ccnn3C)cn12. The Morgan fingerprint density at radius 2 is 1.93 bits per heavy atom. The zero-order valence-corrected chi connectivity index (χ0v) is 15.9. The first kappa shape index (κ1) is 17.2. The van der Waals surface area contributed by atoms with E-state index in [9.17, 15) is 8.42 Å². The van der Waals surface area contributed by atoms with Crippen LogP contribution in [-0.4, -0.2) is 38.8 Å². The lowest BCUT2D eigenvalue weighted by Gasteiger charge is -2.10. The van der Waals surface area contributed by atoms with E-state index in [0.717, 1.165) is 22.5 Å². The first-order valence-corrected chi connectivity index (χ1v) is 10.1. The van der Waals surface area contributed by atoms with Crippen LogP contribution in [0.5, 0.6) is 0 Å². The van der Waals surface area contributed by atoms with Crippen molar-refractivity contribution in [3.05, 3.63) is 48.4 Å². The average molecular weight is 382 g/mol. The molecule has 0 unspecified atom stereocenters. The highest BCUT2D eigenvalue weighted by atomic mass is 32.2. The minimum atomic E-state index is -3.32. The van der Waals surface area contributed by atoms with Gasteiger partial charge in [0.25, 0.3) is 0 Å². The largest absolute Gasteiger partial charge is 0.381 e. The number of nitrogen functional groups attached to an aromatic ring is 1. The molecule has 1 aromatic carbocycles. The van der Waals surface area contributed by atoms with Crippen molar-refractivity contribution in [3.63, 3.8) is 0 Å². The van der Waals surface area contributed by atoms with E-state index in [1.807, 2.05) is 30.6 Å². The van der Waals surface area contributed by atoms with Gasteiger partial charge in [-0.25, -0.2) is 18.4 Å². The molecular weight excluding hydrogens is 364 g/mol. The van der Waals surface area contributed by atoms with Gasteiger partial charge in [-0.05, 0) is 30.7 Å². The number of anilines is 1. The Kier molecular flexibility index (Phi) is 3.77. The van der Waals surface area contributed by atoms with Crippen molar-refractivity contribution < 1.29 is 8.42 Å². The topological polar surface area (TPSA) is 108 Å². The summed E-state index contributed by atoms with van der Waals surface area (Å²) in [5.41, 5.74) is 10.5. The Balaban J connectivity index is 1.99. The lowest BCUT2D eigenvalue weighted by Crippen LogP contribution is -2.03. The van der Waals surface area contributed by atoms with Crippen LogP contribution in [0.2, 0.25) is 0 Å². The second-order valence-corrected chi connectivity index (χ2v) is 8.45. The molecule has 0 bridgehead atoms. The van der Waals surface area contributed by atoms with Crippen molar-refractivity contribution in [2.24, 2.45) is 7.05 Å². The number of aromatic nitrogens is 5. The highest BCUT2D eigenvalue weighted by Crippen LogP contribution is 2.30. The molecule has 0 aliphatic rings. The predicted molar refractivity (Wildman–Crippen MR) is 103 cm³/mol. The molecule has 0 amide bonds. The Morgan fingerprint density at radius 1 is 1.15 bits per heavy atom. The van der Waals surface area contributed by atoms with Gasteiger partial charge in [0.05, 0.1) is 22.5 Å². The summed E-state index contributed by atoms with van der Waals surface area (Å²) >= 11 is 0. The van der Waals surface area contributed by atoms with Crippen molar-refractivity contribution in [1.29, 1.82) is 0 Å². The van der Waals surface area contributed by atoms with E-state index in [-0.39, 0.29) is 10.7 Å². The van der Waals surface area contributed by atoms with E-state index in [1.54, 1.807) is 35.3 Å². The number of hydrogen-bond acceptors (Lipinski definition) is 6. The van der Waals surface area contributed by atoms with E-state index in [4.69, 9.17) is 5.73 Å². The number of sulfone groups is 1. The molecule has 0 radical (unpaired) electrons. The van der Waals surface area contributed by atoms with E-state index in [1.165, 1.54) is 6.26 Å². The van der Waals surface area contributed by atoms with Gasteiger partial charge in [0.15, 0.2) is 21.3 Å². The molecule has 0 aliphatic carbocycles.